The van der Waals surface area contributed by atoms with E-state index in [0.717, 1.165) is 24.1 Å². The topological polar surface area (TPSA) is 83.5 Å². The van der Waals surface area contributed by atoms with Crippen LogP contribution >= 0.6 is 0 Å². The molecule has 0 atom stereocenters. The number of ether oxygens (including phenoxy) is 1. The number of aromatic nitrogens is 4. The minimum Gasteiger partial charge on any atom is -0.496 e. The van der Waals surface area contributed by atoms with Gasteiger partial charge in [-0.15, -0.1) is 0 Å². The lowest BCUT2D eigenvalue weighted by Gasteiger charge is -2.19. The van der Waals surface area contributed by atoms with Crippen LogP contribution in [0.2, 0.25) is 0 Å². The first-order valence-electron chi connectivity index (χ1n) is 10.0. The van der Waals surface area contributed by atoms with Crippen LogP contribution in [0.1, 0.15) is 42.0 Å². The van der Waals surface area contributed by atoms with Crippen LogP contribution in [0.25, 0.3) is 5.69 Å². The van der Waals surface area contributed by atoms with Gasteiger partial charge >= 0.3 is 5.69 Å². The van der Waals surface area contributed by atoms with Crippen molar-refractivity contribution in [1.29, 1.82) is 0 Å². The zero-order valence-electron chi connectivity index (χ0n) is 17.5. The van der Waals surface area contributed by atoms with Crippen molar-refractivity contribution in [2.75, 3.05) is 7.11 Å². The van der Waals surface area contributed by atoms with Gasteiger partial charge in [0.2, 0.25) is 0 Å². The highest BCUT2D eigenvalue weighted by atomic mass is 16.6. The summed E-state index contributed by atoms with van der Waals surface area (Å²) in [5.74, 6) is 0.593. The second-order valence-electron chi connectivity index (χ2n) is 7.36. The van der Waals surface area contributed by atoms with E-state index < -0.39 is 0 Å². The van der Waals surface area contributed by atoms with Gasteiger partial charge < -0.3 is 9.57 Å². The number of aryl methyl sites for hydroxylation is 2. The Morgan fingerprint density at radius 3 is 2.70 bits per heavy atom. The van der Waals surface area contributed by atoms with E-state index in [1.165, 1.54) is 33.3 Å². The molecule has 0 aliphatic heterocycles. The monoisotopic (exact) mass is 407 g/mol. The summed E-state index contributed by atoms with van der Waals surface area (Å²) in [6.45, 7) is 2.09. The summed E-state index contributed by atoms with van der Waals surface area (Å²) in [5.41, 5.74) is 5.63. The average Bonchev–Trinajstić information content (AvgIpc) is 3.11. The normalized spacial score (nSPS) is 13.8. The first-order chi connectivity index (χ1) is 14.6. The van der Waals surface area contributed by atoms with E-state index in [4.69, 9.17) is 9.57 Å². The average molecular weight is 407 g/mol. The van der Waals surface area contributed by atoms with Crippen molar-refractivity contribution in [2.24, 2.45) is 12.2 Å². The van der Waals surface area contributed by atoms with Crippen molar-refractivity contribution in [3.8, 4) is 11.4 Å². The van der Waals surface area contributed by atoms with Crippen LogP contribution in [0.15, 0.2) is 46.3 Å². The number of hydrogen-bond acceptors (Lipinski definition) is 6. The second kappa shape index (κ2) is 8.52. The number of hydrogen-bond donors (Lipinski definition) is 0. The number of methoxy groups -OCH3 is 1. The molecule has 0 fully saturated rings. The summed E-state index contributed by atoms with van der Waals surface area (Å²) in [4.78, 5) is 18.0. The fourth-order valence-electron chi connectivity index (χ4n) is 3.92. The lowest BCUT2D eigenvalue weighted by Crippen LogP contribution is -2.23. The largest absolute Gasteiger partial charge is 0.496 e. The van der Waals surface area contributed by atoms with Gasteiger partial charge in [0.25, 0.3) is 0 Å². The van der Waals surface area contributed by atoms with Gasteiger partial charge in [0.05, 0.1) is 24.1 Å². The maximum Gasteiger partial charge on any atom is 0.368 e. The molecule has 0 saturated heterocycles. The van der Waals surface area contributed by atoms with Crippen molar-refractivity contribution >= 4 is 5.71 Å². The third-order valence-corrected chi connectivity index (χ3v) is 5.47. The molecule has 156 valence electrons. The van der Waals surface area contributed by atoms with E-state index in [1.54, 1.807) is 26.3 Å². The molecular weight excluding hydrogens is 382 g/mol. The van der Waals surface area contributed by atoms with Gasteiger partial charge in [0, 0.05) is 12.6 Å². The molecule has 1 aromatic heterocycles. The predicted octanol–water partition coefficient (Wildman–Crippen LogP) is 2.79. The minimum absolute atomic E-state index is 0.134. The summed E-state index contributed by atoms with van der Waals surface area (Å²) in [7, 11) is 3.13. The molecule has 8 nitrogen and oxygen atoms in total. The smallest absolute Gasteiger partial charge is 0.368 e. The van der Waals surface area contributed by atoms with Crippen molar-refractivity contribution < 1.29 is 9.57 Å². The maximum absolute atomic E-state index is 12.3. The van der Waals surface area contributed by atoms with E-state index in [0.29, 0.717) is 17.0 Å². The number of benzene rings is 2. The maximum atomic E-state index is 12.3. The number of oxime groups is 1. The molecule has 0 saturated carbocycles. The lowest BCUT2D eigenvalue weighted by molar-refractivity contribution is 0.128. The first-order valence-corrected chi connectivity index (χ1v) is 10.0. The molecule has 30 heavy (non-hydrogen) atoms. The highest BCUT2D eigenvalue weighted by molar-refractivity contribution is 6.00. The molecule has 1 aliphatic carbocycles. The number of nitrogens with zero attached hydrogens (tertiary/aromatic N) is 5. The highest BCUT2D eigenvalue weighted by Crippen LogP contribution is 2.27. The molecule has 2 aromatic carbocycles. The molecular formula is C22H25N5O3. The first kappa shape index (κ1) is 19.9. The molecule has 1 aliphatic rings. The molecule has 3 aromatic rings. The predicted molar refractivity (Wildman–Crippen MR) is 113 cm³/mol. The van der Waals surface area contributed by atoms with Crippen LogP contribution in [-0.2, 0) is 31.3 Å². The highest BCUT2D eigenvalue weighted by Gasteiger charge is 2.17. The summed E-state index contributed by atoms with van der Waals surface area (Å²) in [6.07, 6.45) is 4.64. The molecule has 0 amide bonds. The molecule has 0 radical (unpaired) electrons. The molecule has 0 spiro atoms. The zero-order valence-corrected chi connectivity index (χ0v) is 17.5. The van der Waals surface area contributed by atoms with Gasteiger partial charge in [0.15, 0.2) is 0 Å². The van der Waals surface area contributed by atoms with E-state index >= 15 is 0 Å². The number of rotatable bonds is 6. The molecule has 0 unspecified atom stereocenters. The summed E-state index contributed by atoms with van der Waals surface area (Å²) in [5, 5.41) is 12.1. The second-order valence-corrected chi connectivity index (χ2v) is 7.36. The number of tetrazole rings is 1. The van der Waals surface area contributed by atoms with E-state index in [2.05, 4.69) is 33.8 Å². The molecule has 0 N–H and O–H groups in total. The summed E-state index contributed by atoms with van der Waals surface area (Å²) < 4.78 is 7.87. The quantitative estimate of drug-likeness (QED) is 0.463. The Morgan fingerprint density at radius 2 is 1.93 bits per heavy atom. The van der Waals surface area contributed by atoms with Gasteiger partial charge in [-0.3, -0.25) is 0 Å². The molecule has 8 heteroatoms. The van der Waals surface area contributed by atoms with Crippen LogP contribution in [0.5, 0.6) is 5.75 Å². The van der Waals surface area contributed by atoms with E-state index in [9.17, 15) is 4.79 Å². The third-order valence-electron chi connectivity index (χ3n) is 5.47. The summed E-state index contributed by atoms with van der Waals surface area (Å²) >= 11 is 0. The standard InChI is InChI=1S/C22H25N5O3/c1-15(17-11-6-9-16-8-4-5-10-18(16)17)23-30-14-19-20(12-7-13-21(19)29-3)27-22(28)26(2)24-25-27/h6-7,9,11-13H,4-5,8,10,14H2,1-3H3/b23-15-. The fourth-order valence-corrected chi connectivity index (χ4v) is 3.92. The van der Waals surface area contributed by atoms with Gasteiger partial charge in [0.1, 0.15) is 12.4 Å². The van der Waals surface area contributed by atoms with E-state index in [-0.39, 0.29) is 12.3 Å². The SMILES string of the molecule is COc1cccc(-n2nnn(C)c2=O)c1CO/N=C(/C)c1cccc2c1CCCC2. The van der Waals surface area contributed by atoms with Gasteiger partial charge in [-0.05, 0) is 66.3 Å². The van der Waals surface area contributed by atoms with Crippen LogP contribution in [0, 0.1) is 0 Å². The van der Waals surface area contributed by atoms with Crippen molar-refractivity contribution in [2.45, 2.75) is 39.2 Å². The molecule has 4 rings (SSSR count). The Kier molecular flexibility index (Phi) is 5.65. The van der Waals surface area contributed by atoms with Gasteiger partial charge in [-0.1, -0.05) is 29.4 Å². The lowest BCUT2D eigenvalue weighted by atomic mass is 9.87. The van der Waals surface area contributed by atoms with Gasteiger partial charge in [-0.25, -0.2) is 4.79 Å². The Balaban J connectivity index is 1.61. The van der Waals surface area contributed by atoms with Gasteiger partial charge in [-0.2, -0.15) is 9.36 Å². The minimum atomic E-state index is -0.347. The van der Waals surface area contributed by atoms with Crippen molar-refractivity contribution in [3.05, 3.63) is 69.1 Å². The Morgan fingerprint density at radius 1 is 1.13 bits per heavy atom. The fraction of sp³-hybridized carbons (Fsp3) is 0.364. The molecule has 0 bridgehead atoms. The Bertz CT molecular complexity index is 1150. The van der Waals surface area contributed by atoms with Crippen molar-refractivity contribution in [3.63, 3.8) is 0 Å². The van der Waals surface area contributed by atoms with E-state index in [1.807, 2.05) is 13.0 Å². The molecule has 1 heterocycles. The van der Waals surface area contributed by atoms with Crippen LogP contribution < -0.4 is 10.4 Å². The van der Waals surface area contributed by atoms with Crippen LogP contribution in [0.3, 0.4) is 0 Å². The zero-order chi connectivity index (χ0) is 21.1. The van der Waals surface area contributed by atoms with Crippen LogP contribution in [-0.4, -0.2) is 32.6 Å². The summed E-state index contributed by atoms with van der Waals surface area (Å²) in [6, 6.07) is 11.8. The number of fused-ring (bicyclic) bond motifs is 1. The third kappa shape index (κ3) is 3.72. The Hall–Kier alpha value is -3.42. The van der Waals surface area contributed by atoms with Crippen LogP contribution in [0.4, 0.5) is 0 Å². The Labute approximate surface area is 174 Å². The van der Waals surface area contributed by atoms with Crippen molar-refractivity contribution in [1.82, 2.24) is 19.8 Å².